The first-order chi connectivity index (χ1) is 17.0. The summed E-state index contributed by atoms with van der Waals surface area (Å²) in [4.78, 5) is 21.8. The van der Waals surface area contributed by atoms with Crippen molar-refractivity contribution >= 4 is 17.6 Å². The number of amides is 1. The maximum Gasteiger partial charge on any atom is 0.258 e. The van der Waals surface area contributed by atoms with Gasteiger partial charge in [0.15, 0.2) is 11.5 Å². The topological polar surface area (TPSA) is 84.8 Å². The van der Waals surface area contributed by atoms with Crippen LogP contribution in [0, 0.1) is 0 Å². The van der Waals surface area contributed by atoms with Gasteiger partial charge in [-0.15, -0.1) is 0 Å². The van der Waals surface area contributed by atoms with Crippen molar-refractivity contribution in [1.29, 1.82) is 0 Å². The molecule has 0 saturated heterocycles. The lowest BCUT2D eigenvalue weighted by Crippen LogP contribution is -2.36. The summed E-state index contributed by atoms with van der Waals surface area (Å²) >= 11 is 0. The molecule has 7 nitrogen and oxygen atoms in total. The van der Waals surface area contributed by atoms with E-state index in [4.69, 9.17) is 9.47 Å². The second-order valence-electron chi connectivity index (χ2n) is 8.06. The van der Waals surface area contributed by atoms with Crippen LogP contribution in [0.4, 0.5) is 5.69 Å². The van der Waals surface area contributed by atoms with Crippen LogP contribution in [0.3, 0.4) is 0 Å². The molecule has 0 spiro atoms. The first kappa shape index (κ1) is 25.7. The summed E-state index contributed by atoms with van der Waals surface area (Å²) in [6, 6.07) is 17.1. The van der Waals surface area contributed by atoms with E-state index >= 15 is 0 Å². The summed E-state index contributed by atoms with van der Waals surface area (Å²) < 4.78 is 11.3. The van der Waals surface area contributed by atoms with Crippen molar-refractivity contribution in [2.75, 3.05) is 18.5 Å². The molecule has 1 atom stereocenters. The maximum atomic E-state index is 13.1. The van der Waals surface area contributed by atoms with Gasteiger partial charge in [-0.05, 0) is 79.8 Å². The highest BCUT2D eigenvalue weighted by Crippen LogP contribution is 2.28. The molecule has 184 valence electrons. The Kier molecular flexibility index (Phi) is 9.66. The Balaban J connectivity index is 1.82. The van der Waals surface area contributed by atoms with Crippen LogP contribution in [0.15, 0.2) is 72.0 Å². The molecular weight excluding hydrogens is 440 g/mol. The van der Waals surface area contributed by atoms with E-state index in [1.807, 2.05) is 38.1 Å². The number of aromatic nitrogens is 1. The number of guanidine groups is 1. The molecule has 3 aromatic rings. The molecule has 0 aliphatic heterocycles. The van der Waals surface area contributed by atoms with Crippen molar-refractivity contribution in [1.82, 2.24) is 10.3 Å². The molecule has 7 heteroatoms. The fraction of sp³-hybridized carbons (Fsp3) is 0.321. The Morgan fingerprint density at radius 3 is 2.29 bits per heavy atom. The molecule has 35 heavy (non-hydrogen) atoms. The number of anilines is 1. The van der Waals surface area contributed by atoms with Crippen molar-refractivity contribution in [2.24, 2.45) is 4.99 Å². The Morgan fingerprint density at radius 1 is 0.943 bits per heavy atom. The average molecular weight is 475 g/mol. The summed E-state index contributed by atoms with van der Waals surface area (Å²) in [7, 11) is 0. The molecule has 0 unspecified atom stereocenters. The zero-order chi connectivity index (χ0) is 25.0. The molecule has 1 heterocycles. The molecule has 0 fully saturated rings. The second-order valence-corrected chi connectivity index (χ2v) is 8.06. The number of carbonyl (C=O) groups is 1. The van der Waals surface area contributed by atoms with E-state index in [0.717, 1.165) is 17.7 Å². The molecule has 0 radical (unpaired) electrons. The summed E-state index contributed by atoms with van der Waals surface area (Å²) in [5.41, 5.74) is 3.55. The van der Waals surface area contributed by atoms with Crippen molar-refractivity contribution in [3.63, 3.8) is 0 Å². The number of carbonyl (C=O) groups excluding carboxylic acids is 1. The van der Waals surface area contributed by atoms with Gasteiger partial charge < -0.3 is 14.8 Å². The fourth-order valence-electron chi connectivity index (χ4n) is 3.41. The van der Waals surface area contributed by atoms with Crippen LogP contribution in [0.25, 0.3) is 0 Å². The van der Waals surface area contributed by atoms with E-state index in [1.54, 1.807) is 30.6 Å². The SMILES string of the molecule is CCOc1ccc(C(=O)NC(=NCc2ccncc2)Nc2ccc([C@H](C)CC)cc2)cc1OCC. The number of aliphatic imine (C=N–C) groups is 1. The first-order valence-electron chi connectivity index (χ1n) is 12.0. The number of pyridine rings is 1. The molecule has 0 aliphatic carbocycles. The van der Waals surface area contributed by atoms with Crippen LogP contribution in [0.5, 0.6) is 11.5 Å². The standard InChI is InChI=1S/C28H34N4O3/c1-5-20(4)22-8-11-24(12-9-22)31-28(30-19-21-14-16-29-17-15-21)32-27(33)23-10-13-25(34-6-2)26(18-23)35-7-3/h8-18,20H,5-7,19H2,1-4H3,(H2,30,31,32,33)/t20-/m1/s1. The number of benzene rings is 2. The van der Waals surface area contributed by atoms with Gasteiger partial charge >= 0.3 is 0 Å². The third-order valence-corrected chi connectivity index (χ3v) is 5.56. The van der Waals surface area contributed by atoms with Crippen LogP contribution in [0.2, 0.25) is 0 Å². The van der Waals surface area contributed by atoms with Crippen molar-refractivity contribution in [3.8, 4) is 11.5 Å². The largest absolute Gasteiger partial charge is 0.490 e. The Morgan fingerprint density at radius 2 is 1.63 bits per heavy atom. The first-order valence-corrected chi connectivity index (χ1v) is 12.0. The van der Waals surface area contributed by atoms with Gasteiger partial charge in [0, 0.05) is 23.6 Å². The van der Waals surface area contributed by atoms with Gasteiger partial charge in [-0.25, -0.2) is 4.99 Å². The van der Waals surface area contributed by atoms with Crippen molar-refractivity contribution in [2.45, 2.75) is 46.6 Å². The van der Waals surface area contributed by atoms with Gasteiger partial charge in [0.1, 0.15) is 0 Å². The predicted octanol–water partition coefficient (Wildman–Crippen LogP) is 5.79. The number of ether oxygens (including phenoxy) is 2. The minimum absolute atomic E-state index is 0.300. The number of rotatable bonds is 10. The molecule has 0 bridgehead atoms. The fourth-order valence-corrected chi connectivity index (χ4v) is 3.41. The number of hydrogen-bond acceptors (Lipinski definition) is 5. The molecule has 1 amide bonds. The zero-order valence-electron chi connectivity index (χ0n) is 20.9. The van der Waals surface area contributed by atoms with Gasteiger partial charge in [0.05, 0.1) is 19.8 Å². The smallest absolute Gasteiger partial charge is 0.258 e. The Hall–Kier alpha value is -3.87. The van der Waals surface area contributed by atoms with Crippen LogP contribution in [-0.2, 0) is 6.54 Å². The zero-order valence-corrected chi connectivity index (χ0v) is 20.9. The number of nitrogens with zero attached hydrogens (tertiary/aromatic N) is 2. The molecule has 2 aromatic carbocycles. The van der Waals surface area contributed by atoms with Crippen LogP contribution in [0.1, 0.15) is 61.5 Å². The minimum atomic E-state index is -0.300. The highest BCUT2D eigenvalue weighted by Gasteiger charge is 2.14. The molecule has 3 rings (SSSR count). The average Bonchev–Trinajstić information content (AvgIpc) is 2.89. The van der Waals surface area contributed by atoms with Gasteiger partial charge in [-0.1, -0.05) is 26.0 Å². The van der Waals surface area contributed by atoms with Gasteiger partial charge in [-0.2, -0.15) is 0 Å². The van der Waals surface area contributed by atoms with E-state index in [0.29, 0.717) is 48.7 Å². The molecule has 0 saturated carbocycles. The third-order valence-electron chi connectivity index (χ3n) is 5.56. The Labute approximate surface area is 207 Å². The quantitative estimate of drug-likeness (QED) is 0.287. The lowest BCUT2D eigenvalue weighted by atomic mass is 9.99. The minimum Gasteiger partial charge on any atom is -0.490 e. The van der Waals surface area contributed by atoms with E-state index in [9.17, 15) is 4.79 Å². The lowest BCUT2D eigenvalue weighted by Gasteiger charge is -2.15. The summed E-state index contributed by atoms with van der Waals surface area (Å²) in [6.07, 6.45) is 4.52. The van der Waals surface area contributed by atoms with Crippen molar-refractivity contribution in [3.05, 3.63) is 83.7 Å². The van der Waals surface area contributed by atoms with Crippen LogP contribution in [-0.4, -0.2) is 30.1 Å². The molecule has 0 aliphatic rings. The highest BCUT2D eigenvalue weighted by atomic mass is 16.5. The van der Waals surface area contributed by atoms with Gasteiger partial charge in [-0.3, -0.25) is 15.1 Å². The maximum absolute atomic E-state index is 13.1. The second kappa shape index (κ2) is 13.1. The van der Waals surface area contributed by atoms with Crippen LogP contribution >= 0.6 is 0 Å². The van der Waals surface area contributed by atoms with Crippen LogP contribution < -0.4 is 20.1 Å². The molecule has 1 aromatic heterocycles. The Bertz CT molecular complexity index is 1110. The van der Waals surface area contributed by atoms with Gasteiger partial charge in [0.25, 0.3) is 5.91 Å². The van der Waals surface area contributed by atoms with Crippen molar-refractivity contribution < 1.29 is 14.3 Å². The summed E-state index contributed by atoms with van der Waals surface area (Å²) in [6.45, 7) is 9.55. The summed E-state index contributed by atoms with van der Waals surface area (Å²) in [5.74, 6) is 1.69. The number of nitrogens with one attached hydrogen (secondary N) is 2. The normalized spacial score (nSPS) is 12.1. The third kappa shape index (κ3) is 7.57. The predicted molar refractivity (Wildman–Crippen MR) is 140 cm³/mol. The monoisotopic (exact) mass is 474 g/mol. The summed E-state index contributed by atoms with van der Waals surface area (Å²) in [5, 5.41) is 6.16. The molecule has 2 N–H and O–H groups in total. The highest BCUT2D eigenvalue weighted by molar-refractivity contribution is 6.10. The van der Waals surface area contributed by atoms with E-state index in [2.05, 4.69) is 46.6 Å². The number of hydrogen-bond donors (Lipinski definition) is 2. The van der Waals surface area contributed by atoms with E-state index in [-0.39, 0.29) is 5.91 Å². The van der Waals surface area contributed by atoms with E-state index in [1.165, 1.54) is 5.56 Å². The van der Waals surface area contributed by atoms with Gasteiger partial charge in [0.2, 0.25) is 5.96 Å². The van der Waals surface area contributed by atoms with E-state index < -0.39 is 0 Å². The molecular formula is C28H34N4O3. The lowest BCUT2D eigenvalue weighted by molar-refractivity contribution is 0.0976.